The van der Waals surface area contributed by atoms with Crippen molar-refractivity contribution in [1.82, 2.24) is 5.32 Å². The van der Waals surface area contributed by atoms with Gasteiger partial charge in [0, 0.05) is 5.02 Å². The van der Waals surface area contributed by atoms with E-state index in [0.29, 0.717) is 21.7 Å². The fourth-order valence-corrected chi connectivity index (χ4v) is 2.78. The highest BCUT2D eigenvalue weighted by Crippen LogP contribution is 2.29. The summed E-state index contributed by atoms with van der Waals surface area (Å²) >= 11 is 12.2. The largest absolute Gasteiger partial charge is 0.323 e. The summed E-state index contributed by atoms with van der Waals surface area (Å²) in [4.78, 5) is 12.3. The first-order valence-electron chi connectivity index (χ1n) is 6.49. The molecule has 1 aromatic carbocycles. The molecule has 1 saturated heterocycles. The Hall–Kier alpha value is -0.770. The van der Waals surface area contributed by atoms with Crippen LogP contribution in [0.25, 0.3) is 0 Å². The van der Waals surface area contributed by atoms with E-state index in [2.05, 4.69) is 17.6 Å². The Morgan fingerprint density at radius 1 is 1.37 bits per heavy atom. The van der Waals surface area contributed by atoms with Crippen LogP contribution in [0.4, 0.5) is 5.69 Å². The second-order valence-electron chi connectivity index (χ2n) is 5.12. The molecule has 1 aliphatic rings. The molecule has 1 aliphatic heterocycles. The van der Waals surface area contributed by atoms with Gasteiger partial charge in [0.05, 0.1) is 16.8 Å². The molecule has 0 spiro atoms. The smallest absolute Gasteiger partial charge is 0.241 e. The number of carbonyl (C=O) groups excluding carboxylic acids is 1. The zero-order chi connectivity index (χ0) is 14.0. The molecular weight excluding hydrogens is 283 g/mol. The minimum Gasteiger partial charge on any atom is -0.323 e. The third-order valence-electron chi connectivity index (χ3n) is 3.56. The average molecular weight is 301 g/mol. The van der Waals surface area contributed by atoms with E-state index < -0.39 is 0 Å². The number of piperidine rings is 1. The fraction of sp³-hybridized carbons (Fsp3) is 0.500. The second-order valence-corrected chi connectivity index (χ2v) is 5.94. The zero-order valence-electron chi connectivity index (χ0n) is 11.1. The number of aryl methyl sites for hydroxylation is 1. The van der Waals surface area contributed by atoms with Crippen LogP contribution in [0, 0.1) is 12.8 Å². The van der Waals surface area contributed by atoms with Gasteiger partial charge in [0.2, 0.25) is 5.91 Å². The lowest BCUT2D eigenvalue weighted by molar-refractivity contribution is -0.119. The summed E-state index contributed by atoms with van der Waals surface area (Å²) in [5.74, 6) is 0.280. The summed E-state index contributed by atoms with van der Waals surface area (Å²) in [6.45, 7) is 4.84. The van der Waals surface area contributed by atoms with Gasteiger partial charge in [-0.2, -0.15) is 0 Å². The minimum atomic E-state index is -0.162. The number of halogens is 2. The number of anilines is 1. The molecule has 0 aromatic heterocycles. The van der Waals surface area contributed by atoms with Crippen molar-refractivity contribution in [3.8, 4) is 0 Å². The van der Waals surface area contributed by atoms with Crippen LogP contribution >= 0.6 is 23.2 Å². The summed E-state index contributed by atoms with van der Waals surface area (Å²) in [6.07, 6.45) is 2.18. The lowest BCUT2D eigenvalue weighted by atomic mass is 9.92. The van der Waals surface area contributed by atoms with Gasteiger partial charge in [-0.15, -0.1) is 0 Å². The standard InChI is InChI=1S/C14H18Cl2N2O/c1-8-4-3-5-17-13(8)14(19)18-12-7-10(15)9(2)6-11(12)16/h6-8,13,17H,3-5H2,1-2H3,(H,18,19). The Labute approximate surface area is 123 Å². The molecule has 2 atom stereocenters. The van der Waals surface area contributed by atoms with Crippen LogP contribution < -0.4 is 10.6 Å². The molecule has 2 rings (SSSR count). The lowest BCUT2D eigenvalue weighted by Gasteiger charge is -2.29. The third kappa shape index (κ3) is 3.41. The van der Waals surface area contributed by atoms with E-state index in [9.17, 15) is 4.79 Å². The number of rotatable bonds is 2. The number of hydrogen-bond donors (Lipinski definition) is 2. The molecule has 1 heterocycles. The van der Waals surface area contributed by atoms with Crippen molar-refractivity contribution in [2.75, 3.05) is 11.9 Å². The first-order chi connectivity index (χ1) is 8.99. The van der Waals surface area contributed by atoms with Crippen molar-refractivity contribution in [2.45, 2.75) is 32.7 Å². The van der Waals surface area contributed by atoms with Crippen LogP contribution in [-0.4, -0.2) is 18.5 Å². The van der Waals surface area contributed by atoms with Crippen LogP contribution in [0.15, 0.2) is 12.1 Å². The molecule has 2 unspecified atom stereocenters. The molecule has 0 bridgehead atoms. The van der Waals surface area contributed by atoms with Gasteiger partial charge in [0.1, 0.15) is 0 Å². The molecule has 0 aliphatic carbocycles. The molecule has 19 heavy (non-hydrogen) atoms. The fourth-order valence-electron chi connectivity index (χ4n) is 2.35. The summed E-state index contributed by atoms with van der Waals surface area (Å²) in [5, 5.41) is 7.22. The van der Waals surface area contributed by atoms with E-state index in [4.69, 9.17) is 23.2 Å². The summed E-state index contributed by atoms with van der Waals surface area (Å²) in [6, 6.07) is 3.30. The Bertz CT molecular complexity index is 491. The summed E-state index contributed by atoms with van der Waals surface area (Å²) in [7, 11) is 0. The highest BCUT2D eigenvalue weighted by atomic mass is 35.5. The van der Waals surface area contributed by atoms with Crippen molar-refractivity contribution in [3.63, 3.8) is 0 Å². The maximum atomic E-state index is 12.3. The first-order valence-corrected chi connectivity index (χ1v) is 7.24. The van der Waals surface area contributed by atoms with E-state index in [1.165, 1.54) is 0 Å². The number of amides is 1. The van der Waals surface area contributed by atoms with Crippen LogP contribution in [-0.2, 0) is 4.79 Å². The minimum absolute atomic E-state index is 0.0472. The number of hydrogen-bond acceptors (Lipinski definition) is 2. The van der Waals surface area contributed by atoms with Crippen molar-refractivity contribution in [3.05, 3.63) is 27.7 Å². The van der Waals surface area contributed by atoms with Gasteiger partial charge in [-0.05, 0) is 49.9 Å². The Balaban J connectivity index is 2.12. The molecule has 104 valence electrons. The lowest BCUT2D eigenvalue weighted by Crippen LogP contribution is -2.48. The molecule has 3 nitrogen and oxygen atoms in total. The van der Waals surface area contributed by atoms with Gasteiger partial charge < -0.3 is 10.6 Å². The molecular formula is C14H18Cl2N2O. The monoisotopic (exact) mass is 300 g/mol. The predicted octanol–water partition coefficient (Wildman–Crippen LogP) is 3.63. The van der Waals surface area contributed by atoms with E-state index in [0.717, 1.165) is 24.9 Å². The summed E-state index contributed by atoms with van der Waals surface area (Å²) < 4.78 is 0. The predicted molar refractivity (Wildman–Crippen MR) is 80.0 cm³/mol. The van der Waals surface area contributed by atoms with Gasteiger partial charge in [-0.3, -0.25) is 4.79 Å². The molecule has 0 radical (unpaired) electrons. The molecule has 1 amide bonds. The highest BCUT2D eigenvalue weighted by Gasteiger charge is 2.27. The molecule has 2 N–H and O–H groups in total. The van der Waals surface area contributed by atoms with Crippen molar-refractivity contribution in [1.29, 1.82) is 0 Å². The zero-order valence-corrected chi connectivity index (χ0v) is 12.6. The van der Waals surface area contributed by atoms with Crippen molar-refractivity contribution in [2.24, 2.45) is 5.92 Å². The molecule has 1 fully saturated rings. The van der Waals surface area contributed by atoms with Crippen molar-refractivity contribution >= 4 is 34.8 Å². The molecule has 1 aromatic rings. The second kappa shape index (κ2) is 6.12. The first kappa shape index (κ1) is 14.6. The molecule has 5 heteroatoms. The topological polar surface area (TPSA) is 41.1 Å². The van der Waals surface area contributed by atoms with E-state index in [1.807, 2.05) is 6.92 Å². The summed E-state index contributed by atoms with van der Waals surface area (Å²) in [5.41, 5.74) is 1.47. The third-order valence-corrected chi connectivity index (χ3v) is 4.28. The average Bonchev–Trinajstić information content (AvgIpc) is 2.36. The Morgan fingerprint density at radius 2 is 2.11 bits per heavy atom. The maximum Gasteiger partial charge on any atom is 0.241 e. The van der Waals surface area contributed by atoms with E-state index in [-0.39, 0.29) is 11.9 Å². The van der Waals surface area contributed by atoms with Crippen LogP contribution in [0.5, 0.6) is 0 Å². The van der Waals surface area contributed by atoms with E-state index >= 15 is 0 Å². The quantitative estimate of drug-likeness (QED) is 0.876. The van der Waals surface area contributed by atoms with Crippen LogP contribution in [0.1, 0.15) is 25.3 Å². The van der Waals surface area contributed by atoms with Crippen LogP contribution in [0.3, 0.4) is 0 Å². The van der Waals surface area contributed by atoms with Gasteiger partial charge >= 0.3 is 0 Å². The Kier molecular flexibility index (Phi) is 4.71. The van der Waals surface area contributed by atoms with Gasteiger partial charge in [-0.25, -0.2) is 0 Å². The number of benzene rings is 1. The van der Waals surface area contributed by atoms with Gasteiger partial charge in [0.25, 0.3) is 0 Å². The van der Waals surface area contributed by atoms with E-state index in [1.54, 1.807) is 12.1 Å². The molecule has 0 saturated carbocycles. The van der Waals surface area contributed by atoms with Gasteiger partial charge in [-0.1, -0.05) is 30.1 Å². The SMILES string of the molecule is Cc1cc(Cl)c(NC(=O)C2NCCCC2C)cc1Cl. The Morgan fingerprint density at radius 3 is 2.79 bits per heavy atom. The van der Waals surface area contributed by atoms with Crippen LogP contribution in [0.2, 0.25) is 10.0 Å². The normalized spacial score (nSPS) is 23.2. The highest BCUT2D eigenvalue weighted by molar-refractivity contribution is 6.36. The maximum absolute atomic E-state index is 12.3. The van der Waals surface area contributed by atoms with Crippen molar-refractivity contribution < 1.29 is 4.79 Å². The van der Waals surface area contributed by atoms with Gasteiger partial charge in [0.15, 0.2) is 0 Å². The number of nitrogens with one attached hydrogen (secondary N) is 2. The number of carbonyl (C=O) groups is 1.